The van der Waals surface area contributed by atoms with Crippen LogP contribution in [-0.2, 0) is 11.3 Å². The molecule has 0 aliphatic heterocycles. The molecule has 2 heterocycles. The predicted molar refractivity (Wildman–Crippen MR) is 87.2 cm³/mol. The lowest BCUT2D eigenvalue weighted by atomic mass is 10.2. The van der Waals surface area contributed by atoms with Gasteiger partial charge in [-0.1, -0.05) is 17.3 Å². The van der Waals surface area contributed by atoms with Crippen molar-refractivity contribution in [3.8, 4) is 5.75 Å². The maximum atomic E-state index is 12.4. The molecule has 8 heteroatoms. The van der Waals surface area contributed by atoms with Crippen LogP contribution in [0.2, 0.25) is 0 Å². The molecule has 8 nitrogen and oxygen atoms in total. The van der Waals surface area contributed by atoms with Gasteiger partial charge < -0.3 is 14.6 Å². The summed E-state index contributed by atoms with van der Waals surface area (Å²) in [4.78, 5) is 24.6. The van der Waals surface area contributed by atoms with Gasteiger partial charge in [-0.2, -0.15) is 5.10 Å². The van der Waals surface area contributed by atoms with Crippen molar-refractivity contribution in [2.45, 2.75) is 20.4 Å². The topological polar surface area (TPSA) is 99.2 Å². The summed E-state index contributed by atoms with van der Waals surface area (Å²) in [6.45, 7) is 3.21. The average molecular weight is 328 g/mol. The standard InChI is InChI=1S/C16H16N4O4/c1-9-14-10(2)24-19-15(14)16(22)20(18-9)8-13(21)17-11-6-4-5-7-12(11)23-3/h4-7H,8H2,1-3H3,(H,17,21). The van der Waals surface area contributed by atoms with Crippen molar-refractivity contribution in [3.63, 3.8) is 0 Å². The maximum Gasteiger partial charge on any atom is 0.297 e. The number of fused-ring (bicyclic) bond motifs is 1. The number of rotatable bonds is 4. The van der Waals surface area contributed by atoms with Gasteiger partial charge in [0.1, 0.15) is 18.1 Å². The van der Waals surface area contributed by atoms with Crippen molar-refractivity contribution in [1.82, 2.24) is 14.9 Å². The number of ether oxygens (including phenoxy) is 1. The summed E-state index contributed by atoms with van der Waals surface area (Å²) in [5, 5.41) is 11.2. The molecular weight excluding hydrogens is 312 g/mol. The Balaban J connectivity index is 1.88. The minimum absolute atomic E-state index is 0.171. The minimum atomic E-state index is -0.470. The number of benzene rings is 1. The van der Waals surface area contributed by atoms with Gasteiger partial charge in [0.25, 0.3) is 5.56 Å². The van der Waals surface area contributed by atoms with E-state index in [2.05, 4.69) is 15.6 Å². The van der Waals surface area contributed by atoms with Gasteiger partial charge in [-0.05, 0) is 26.0 Å². The molecule has 3 aromatic rings. The van der Waals surface area contributed by atoms with Gasteiger partial charge in [-0.3, -0.25) is 9.59 Å². The van der Waals surface area contributed by atoms with E-state index in [1.807, 2.05) is 0 Å². The Kier molecular flexibility index (Phi) is 4.03. The van der Waals surface area contributed by atoms with E-state index in [4.69, 9.17) is 9.26 Å². The van der Waals surface area contributed by atoms with E-state index < -0.39 is 11.5 Å². The molecule has 0 unspecified atom stereocenters. The number of anilines is 1. The Hall–Kier alpha value is -3.16. The highest BCUT2D eigenvalue weighted by Gasteiger charge is 2.17. The smallest absolute Gasteiger partial charge is 0.297 e. The number of methoxy groups -OCH3 is 1. The average Bonchev–Trinajstić information content (AvgIpc) is 2.95. The SMILES string of the molecule is COc1ccccc1NC(=O)Cn1nc(C)c2c(C)onc2c1=O. The Bertz CT molecular complexity index is 974. The van der Waals surface area contributed by atoms with Gasteiger partial charge in [0, 0.05) is 0 Å². The Labute approximate surface area is 137 Å². The van der Waals surface area contributed by atoms with Crippen molar-refractivity contribution >= 4 is 22.5 Å². The van der Waals surface area contributed by atoms with Gasteiger partial charge in [0.15, 0.2) is 5.52 Å². The first-order valence-electron chi connectivity index (χ1n) is 7.28. The molecule has 0 atom stereocenters. The van der Waals surface area contributed by atoms with E-state index in [0.29, 0.717) is 28.3 Å². The van der Waals surface area contributed by atoms with Crippen LogP contribution in [0.4, 0.5) is 5.69 Å². The second-order valence-corrected chi connectivity index (χ2v) is 5.26. The maximum absolute atomic E-state index is 12.4. The Morgan fingerprint density at radius 3 is 2.83 bits per heavy atom. The van der Waals surface area contributed by atoms with Crippen LogP contribution in [0.15, 0.2) is 33.6 Å². The van der Waals surface area contributed by atoms with Gasteiger partial charge in [-0.15, -0.1) is 0 Å². The first kappa shape index (κ1) is 15.7. The summed E-state index contributed by atoms with van der Waals surface area (Å²) in [6, 6.07) is 7.01. The molecule has 0 bridgehead atoms. The van der Waals surface area contributed by atoms with Crippen LogP contribution in [0.5, 0.6) is 5.75 Å². The van der Waals surface area contributed by atoms with Crippen molar-refractivity contribution in [2.24, 2.45) is 0 Å². The van der Waals surface area contributed by atoms with Gasteiger partial charge in [0.05, 0.1) is 23.9 Å². The summed E-state index contributed by atoms with van der Waals surface area (Å²) in [7, 11) is 1.52. The summed E-state index contributed by atoms with van der Waals surface area (Å²) >= 11 is 0. The number of hydrogen-bond donors (Lipinski definition) is 1. The lowest BCUT2D eigenvalue weighted by molar-refractivity contribution is -0.117. The molecular formula is C16H16N4O4. The van der Waals surface area contributed by atoms with Crippen molar-refractivity contribution < 1.29 is 14.1 Å². The molecule has 1 amide bonds. The minimum Gasteiger partial charge on any atom is -0.495 e. The van der Waals surface area contributed by atoms with Gasteiger partial charge >= 0.3 is 0 Å². The third-order valence-corrected chi connectivity index (χ3v) is 3.61. The van der Waals surface area contributed by atoms with Crippen molar-refractivity contribution in [2.75, 3.05) is 12.4 Å². The highest BCUT2D eigenvalue weighted by molar-refractivity contribution is 5.92. The number of para-hydroxylation sites is 2. The molecule has 0 aliphatic carbocycles. The fourth-order valence-electron chi connectivity index (χ4n) is 2.52. The molecule has 2 aromatic heterocycles. The third-order valence-electron chi connectivity index (χ3n) is 3.61. The van der Waals surface area contributed by atoms with Crippen LogP contribution in [0, 0.1) is 13.8 Å². The van der Waals surface area contributed by atoms with E-state index in [1.165, 1.54) is 7.11 Å². The second kappa shape index (κ2) is 6.15. The quantitative estimate of drug-likeness (QED) is 0.782. The monoisotopic (exact) mass is 328 g/mol. The number of nitrogens with one attached hydrogen (secondary N) is 1. The molecule has 0 saturated carbocycles. The van der Waals surface area contributed by atoms with E-state index >= 15 is 0 Å². The molecule has 124 valence electrons. The van der Waals surface area contributed by atoms with E-state index in [1.54, 1.807) is 38.1 Å². The van der Waals surface area contributed by atoms with E-state index in [-0.39, 0.29) is 12.1 Å². The molecule has 1 aromatic carbocycles. The number of carbonyl (C=O) groups excluding carboxylic acids is 1. The second-order valence-electron chi connectivity index (χ2n) is 5.26. The summed E-state index contributed by atoms with van der Waals surface area (Å²) in [5.41, 5.74) is 0.800. The fraction of sp³-hybridized carbons (Fsp3) is 0.250. The fourth-order valence-corrected chi connectivity index (χ4v) is 2.52. The summed E-state index contributed by atoms with van der Waals surface area (Å²) in [6.07, 6.45) is 0. The van der Waals surface area contributed by atoms with E-state index in [0.717, 1.165) is 4.68 Å². The number of aryl methyl sites for hydroxylation is 2. The molecule has 0 spiro atoms. The normalized spacial score (nSPS) is 10.8. The third kappa shape index (κ3) is 2.73. The zero-order valence-corrected chi connectivity index (χ0v) is 13.5. The molecule has 1 N–H and O–H groups in total. The zero-order valence-electron chi connectivity index (χ0n) is 13.5. The highest BCUT2D eigenvalue weighted by atomic mass is 16.5. The Morgan fingerprint density at radius 2 is 2.08 bits per heavy atom. The molecule has 0 radical (unpaired) electrons. The number of aromatic nitrogens is 3. The lowest BCUT2D eigenvalue weighted by Crippen LogP contribution is -2.30. The Morgan fingerprint density at radius 1 is 1.33 bits per heavy atom. The van der Waals surface area contributed by atoms with Gasteiger partial charge in [0.2, 0.25) is 5.91 Å². The molecule has 0 saturated heterocycles. The molecule has 0 aliphatic rings. The predicted octanol–water partition coefficient (Wildman–Crippen LogP) is 1.65. The summed E-state index contributed by atoms with van der Waals surface area (Å²) < 4.78 is 11.3. The van der Waals surface area contributed by atoms with Crippen LogP contribution in [0.25, 0.3) is 10.9 Å². The van der Waals surface area contributed by atoms with Crippen molar-refractivity contribution in [3.05, 3.63) is 46.1 Å². The number of nitrogens with zero attached hydrogens (tertiary/aromatic N) is 3. The van der Waals surface area contributed by atoms with Crippen LogP contribution >= 0.6 is 0 Å². The highest BCUT2D eigenvalue weighted by Crippen LogP contribution is 2.23. The number of amides is 1. The largest absolute Gasteiger partial charge is 0.495 e. The molecule has 24 heavy (non-hydrogen) atoms. The first-order valence-corrected chi connectivity index (χ1v) is 7.28. The van der Waals surface area contributed by atoms with Crippen molar-refractivity contribution in [1.29, 1.82) is 0 Å². The summed E-state index contributed by atoms with van der Waals surface area (Å²) in [5.74, 6) is 0.663. The molecule has 0 fully saturated rings. The lowest BCUT2D eigenvalue weighted by Gasteiger charge is -2.10. The van der Waals surface area contributed by atoms with Crippen LogP contribution in [-0.4, -0.2) is 28.0 Å². The number of carbonyl (C=O) groups is 1. The van der Waals surface area contributed by atoms with E-state index in [9.17, 15) is 9.59 Å². The van der Waals surface area contributed by atoms with Crippen LogP contribution in [0.1, 0.15) is 11.5 Å². The number of hydrogen-bond acceptors (Lipinski definition) is 6. The van der Waals surface area contributed by atoms with Crippen LogP contribution < -0.4 is 15.6 Å². The van der Waals surface area contributed by atoms with Gasteiger partial charge in [-0.25, -0.2) is 4.68 Å². The first-order chi connectivity index (χ1) is 11.5. The van der Waals surface area contributed by atoms with Crippen LogP contribution in [0.3, 0.4) is 0 Å². The zero-order chi connectivity index (χ0) is 17.3. The molecule has 3 rings (SSSR count).